The summed E-state index contributed by atoms with van der Waals surface area (Å²) in [7, 11) is -9.88. The number of unbranched alkanes of at least 4 members (excludes halogenated alkanes) is 45. The first-order chi connectivity index (χ1) is 43.2. The molecule has 0 radical (unpaired) electrons. The van der Waals surface area contributed by atoms with Crippen molar-refractivity contribution in [1.29, 1.82) is 0 Å². The van der Waals surface area contributed by atoms with Crippen LogP contribution < -0.4 is 0 Å². The van der Waals surface area contributed by atoms with Gasteiger partial charge in [-0.25, -0.2) is 9.13 Å². The maximum atomic E-state index is 13.0. The second kappa shape index (κ2) is 64.8. The summed E-state index contributed by atoms with van der Waals surface area (Å²) in [6, 6.07) is 0. The molecule has 0 aromatic heterocycles. The number of rotatable bonds is 71. The first-order valence-corrected chi connectivity index (χ1v) is 39.8. The van der Waals surface area contributed by atoms with Gasteiger partial charge in [-0.2, -0.15) is 0 Å². The van der Waals surface area contributed by atoms with E-state index >= 15 is 0 Å². The second-order valence-corrected chi connectivity index (χ2v) is 28.2. The molecule has 5 atom stereocenters. The molecule has 3 N–H and O–H groups in total. The van der Waals surface area contributed by atoms with Crippen LogP contribution in [-0.4, -0.2) is 96.7 Å². The van der Waals surface area contributed by atoms with E-state index in [4.69, 9.17) is 37.0 Å². The monoisotopic (exact) mass is 1310 g/mol. The van der Waals surface area contributed by atoms with Crippen molar-refractivity contribution in [3.05, 3.63) is 0 Å². The van der Waals surface area contributed by atoms with Gasteiger partial charge in [0.25, 0.3) is 0 Å². The van der Waals surface area contributed by atoms with Crippen LogP contribution in [0.25, 0.3) is 0 Å². The van der Waals surface area contributed by atoms with Gasteiger partial charge < -0.3 is 33.8 Å². The van der Waals surface area contributed by atoms with Crippen LogP contribution in [0.1, 0.15) is 368 Å². The minimum absolute atomic E-state index is 0.105. The van der Waals surface area contributed by atoms with Crippen molar-refractivity contribution in [3.8, 4) is 0 Å². The topological polar surface area (TPSA) is 237 Å². The third kappa shape index (κ3) is 64.6. The number of aliphatic hydroxyl groups is 1. The highest BCUT2D eigenvalue weighted by Crippen LogP contribution is 2.45. The Kier molecular flexibility index (Phi) is 63.3. The molecule has 17 nitrogen and oxygen atoms in total. The zero-order chi connectivity index (χ0) is 65.4. The number of hydrogen-bond donors (Lipinski definition) is 3. The van der Waals surface area contributed by atoms with Gasteiger partial charge in [-0.05, 0) is 25.7 Å². The number of carbonyl (C=O) groups is 4. The molecule has 528 valence electrons. The summed E-state index contributed by atoms with van der Waals surface area (Å²) in [4.78, 5) is 72.2. The van der Waals surface area contributed by atoms with Gasteiger partial charge in [0, 0.05) is 25.7 Å². The van der Waals surface area contributed by atoms with Crippen LogP contribution in [-0.2, 0) is 65.4 Å². The zero-order valence-corrected chi connectivity index (χ0v) is 59.2. The minimum atomic E-state index is -4.95. The standard InChI is InChI=1S/C70H136O17P2/c1-5-9-13-17-20-23-25-27-29-30-31-32-33-35-37-39-42-45-49-53-57-70(75)87-66(61-81-68(73)55-51-47-43-41-38-36-34-28-26-24-21-18-14-10-6-2)63-85-89(78,79)83-59-64(71)58-82-88(76,77)84-62-65(60-80-67(72)54-50-46-16-12-8-4)86-69(74)56-52-48-44-40-22-19-15-11-7-3/h64-66,71H,5-63H2,1-4H3,(H,76,77)(H,78,79)/t64-,65+,66+/m0/s1. The van der Waals surface area contributed by atoms with Crippen LogP contribution in [0.5, 0.6) is 0 Å². The Morgan fingerprint density at radius 3 is 0.663 bits per heavy atom. The van der Waals surface area contributed by atoms with E-state index < -0.39 is 97.5 Å². The molecule has 2 unspecified atom stereocenters. The van der Waals surface area contributed by atoms with Crippen molar-refractivity contribution in [2.75, 3.05) is 39.6 Å². The lowest BCUT2D eigenvalue weighted by Gasteiger charge is -2.21. The van der Waals surface area contributed by atoms with Gasteiger partial charge in [-0.15, -0.1) is 0 Å². The first-order valence-electron chi connectivity index (χ1n) is 36.8. The fourth-order valence-electron chi connectivity index (χ4n) is 10.7. The SMILES string of the molecule is CCCCCCCCCCCCCCCCCCCCCCC(=O)O[C@H](COC(=O)CCCCCCCCCCCCCCCCC)COP(=O)(O)OC[C@@H](O)COP(=O)(O)OC[C@@H](COC(=O)CCCCCCC)OC(=O)CCCCCCCCCCC. The summed E-state index contributed by atoms with van der Waals surface area (Å²) in [5.74, 6) is -2.13. The number of carbonyl (C=O) groups excluding carboxylic acids is 4. The fraction of sp³-hybridized carbons (Fsp3) is 0.943. The van der Waals surface area contributed by atoms with Crippen molar-refractivity contribution >= 4 is 39.5 Å². The lowest BCUT2D eigenvalue weighted by Crippen LogP contribution is -2.30. The van der Waals surface area contributed by atoms with Gasteiger partial charge in [0.2, 0.25) is 0 Å². The van der Waals surface area contributed by atoms with Crippen molar-refractivity contribution < 1.29 is 80.2 Å². The zero-order valence-electron chi connectivity index (χ0n) is 57.4. The number of ether oxygens (including phenoxy) is 4. The predicted octanol–water partition coefficient (Wildman–Crippen LogP) is 20.3. The third-order valence-corrected chi connectivity index (χ3v) is 18.3. The van der Waals surface area contributed by atoms with Crippen LogP contribution in [0.15, 0.2) is 0 Å². The van der Waals surface area contributed by atoms with E-state index in [-0.39, 0.29) is 25.7 Å². The average molecular weight is 1310 g/mol. The molecule has 0 saturated heterocycles. The summed E-state index contributed by atoms with van der Waals surface area (Å²) in [6.45, 7) is 4.84. The van der Waals surface area contributed by atoms with Gasteiger partial charge >= 0.3 is 39.5 Å². The van der Waals surface area contributed by atoms with E-state index in [9.17, 15) is 43.2 Å². The minimum Gasteiger partial charge on any atom is -0.462 e. The Morgan fingerprint density at radius 1 is 0.270 bits per heavy atom. The van der Waals surface area contributed by atoms with Crippen molar-refractivity contribution in [2.45, 2.75) is 386 Å². The van der Waals surface area contributed by atoms with E-state index in [1.807, 2.05) is 0 Å². The molecule has 0 saturated carbocycles. The lowest BCUT2D eigenvalue weighted by molar-refractivity contribution is -0.161. The summed E-state index contributed by atoms with van der Waals surface area (Å²) < 4.78 is 68.0. The highest BCUT2D eigenvalue weighted by molar-refractivity contribution is 7.47. The predicted molar refractivity (Wildman–Crippen MR) is 359 cm³/mol. The van der Waals surface area contributed by atoms with Crippen LogP contribution in [0, 0.1) is 0 Å². The van der Waals surface area contributed by atoms with E-state index in [0.29, 0.717) is 25.7 Å². The molecule has 0 spiro atoms. The molecule has 0 aliphatic heterocycles. The molecule has 0 aromatic carbocycles. The molecule has 0 aromatic rings. The van der Waals surface area contributed by atoms with Crippen LogP contribution in [0.3, 0.4) is 0 Å². The Hall–Kier alpha value is -1.94. The summed E-state index contributed by atoms with van der Waals surface area (Å²) >= 11 is 0. The van der Waals surface area contributed by atoms with Gasteiger partial charge in [0.15, 0.2) is 12.2 Å². The summed E-state index contributed by atoms with van der Waals surface area (Å²) in [5.41, 5.74) is 0. The molecule has 0 bridgehead atoms. The normalized spacial score (nSPS) is 14.0. The average Bonchev–Trinajstić information content (AvgIpc) is 3.70. The second-order valence-electron chi connectivity index (χ2n) is 25.3. The van der Waals surface area contributed by atoms with E-state index in [0.717, 1.165) is 96.3 Å². The Bertz CT molecular complexity index is 1710. The molecule has 0 fully saturated rings. The molecule has 19 heteroatoms. The molecular weight excluding hydrogens is 1170 g/mol. The maximum Gasteiger partial charge on any atom is 0.472 e. The third-order valence-electron chi connectivity index (χ3n) is 16.4. The molecule has 0 amide bonds. The quantitative estimate of drug-likeness (QED) is 0.0222. The van der Waals surface area contributed by atoms with E-state index in [2.05, 4.69) is 27.7 Å². The number of phosphoric ester groups is 2. The molecule has 89 heavy (non-hydrogen) atoms. The fourth-order valence-corrected chi connectivity index (χ4v) is 12.3. The largest absolute Gasteiger partial charge is 0.472 e. The Morgan fingerprint density at radius 2 is 0.449 bits per heavy atom. The van der Waals surface area contributed by atoms with Crippen molar-refractivity contribution in [2.24, 2.45) is 0 Å². The van der Waals surface area contributed by atoms with Gasteiger partial charge in [0.1, 0.15) is 19.3 Å². The van der Waals surface area contributed by atoms with Gasteiger partial charge in [0.05, 0.1) is 26.4 Å². The maximum absolute atomic E-state index is 13.0. The molecular formula is C70H136O17P2. The number of esters is 4. The van der Waals surface area contributed by atoms with E-state index in [1.165, 1.54) is 193 Å². The van der Waals surface area contributed by atoms with Crippen LogP contribution >= 0.6 is 15.6 Å². The number of aliphatic hydroxyl groups excluding tert-OH is 1. The lowest BCUT2D eigenvalue weighted by atomic mass is 10.0. The Balaban J connectivity index is 5.11. The number of hydrogen-bond acceptors (Lipinski definition) is 15. The van der Waals surface area contributed by atoms with E-state index in [1.54, 1.807) is 0 Å². The van der Waals surface area contributed by atoms with Crippen molar-refractivity contribution in [1.82, 2.24) is 0 Å². The molecule has 0 aliphatic rings. The van der Waals surface area contributed by atoms with Gasteiger partial charge in [-0.1, -0.05) is 317 Å². The Labute approximate surface area is 543 Å². The molecule has 0 heterocycles. The van der Waals surface area contributed by atoms with Crippen molar-refractivity contribution in [3.63, 3.8) is 0 Å². The molecule has 0 aliphatic carbocycles. The van der Waals surface area contributed by atoms with Gasteiger partial charge in [-0.3, -0.25) is 37.3 Å². The smallest absolute Gasteiger partial charge is 0.462 e. The number of phosphoric acid groups is 2. The highest BCUT2D eigenvalue weighted by atomic mass is 31.2. The first kappa shape index (κ1) is 87.1. The van der Waals surface area contributed by atoms with Crippen LogP contribution in [0.4, 0.5) is 0 Å². The molecule has 0 rings (SSSR count). The summed E-state index contributed by atoms with van der Waals surface area (Å²) in [6.07, 6.45) is 53.2. The van der Waals surface area contributed by atoms with Crippen LogP contribution in [0.2, 0.25) is 0 Å². The summed E-state index contributed by atoms with van der Waals surface area (Å²) in [5, 5.41) is 10.5. The highest BCUT2D eigenvalue weighted by Gasteiger charge is 2.30.